The number of nitrogens with one attached hydrogen (secondary N) is 1. The number of hydrogen-bond acceptors (Lipinski definition) is 7. The molecule has 0 spiro atoms. The number of carbonyl (C=O) groups excluding carboxylic acids is 1. The first-order chi connectivity index (χ1) is 14.7. The Bertz CT molecular complexity index is 1180. The minimum Gasteiger partial charge on any atom is -0.350 e. The summed E-state index contributed by atoms with van der Waals surface area (Å²) < 4.78 is 3.59. The Hall–Kier alpha value is -2.62. The highest BCUT2D eigenvalue weighted by molar-refractivity contribution is 8.03. The normalized spacial score (nSPS) is 11.4. The molecule has 0 aliphatic heterocycles. The lowest BCUT2D eigenvalue weighted by Gasteiger charge is -2.04. The summed E-state index contributed by atoms with van der Waals surface area (Å²) in [5.74, 6) is 0.896. The number of nitrogens with zero attached hydrogens (tertiary/aromatic N) is 4. The second kappa shape index (κ2) is 9.92. The monoisotopic (exact) mass is 453 g/mol. The first-order valence-electron chi connectivity index (χ1n) is 9.18. The van der Waals surface area contributed by atoms with Crippen molar-refractivity contribution in [2.45, 2.75) is 14.4 Å². The molecular weight excluding hydrogens is 434 g/mol. The van der Waals surface area contributed by atoms with E-state index < -0.39 is 0 Å². The highest BCUT2D eigenvalue weighted by Gasteiger charge is 2.09. The number of aryl methyl sites for hydroxylation is 1. The van der Waals surface area contributed by atoms with Crippen LogP contribution in [0.5, 0.6) is 0 Å². The molecule has 9 heteroatoms. The van der Waals surface area contributed by atoms with Crippen LogP contribution >= 0.6 is 34.9 Å². The van der Waals surface area contributed by atoms with Gasteiger partial charge >= 0.3 is 0 Å². The summed E-state index contributed by atoms with van der Waals surface area (Å²) in [7, 11) is 1.92. The summed E-state index contributed by atoms with van der Waals surface area (Å²) in [5.41, 5.74) is 4.73. The molecule has 30 heavy (non-hydrogen) atoms. The van der Waals surface area contributed by atoms with Crippen LogP contribution in [-0.2, 0) is 17.6 Å². The molecule has 0 saturated heterocycles. The van der Waals surface area contributed by atoms with Gasteiger partial charge in [-0.25, -0.2) is 5.43 Å². The molecule has 2 aromatic heterocycles. The van der Waals surface area contributed by atoms with Crippen LogP contribution < -0.4 is 5.43 Å². The average molecular weight is 454 g/mol. The quantitative estimate of drug-likeness (QED) is 0.240. The predicted molar refractivity (Wildman–Crippen MR) is 125 cm³/mol. The van der Waals surface area contributed by atoms with E-state index in [1.807, 2.05) is 29.9 Å². The zero-order chi connectivity index (χ0) is 20.8. The van der Waals surface area contributed by atoms with Gasteiger partial charge in [-0.2, -0.15) is 5.10 Å². The van der Waals surface area contributed by atoms with E-state index >= 15 is 0 Å². The highest BCUT2D eigenvalue weighted by atomic mass is 32.2. The van der Waals surface area contributed by atoms with Crippen LogP contribution in [0.25, 0.3) is 10.8 Å². The topological polar surface area (TPSA) is 72.2 Å². The SMILES string of the molecule is Cn1cccc1C=NNC(=O)CSc1nnc(SCc2cccc3ccccc23)s1. The average Bonchev–Trinajstić information content (AvgIpc) is 3.39. The number of amides is 1. The number of thioether (sulfide) groups is 2. The molecule has 0 bridgehead atoms. The van der Waals surface area contributed by atoms with Gasteiger partial charge in [0.25, 0.3) is 5.91 Å². The molecule has 1 amide bonds. The lowest BCUT2D eigenvalue weighted by Crippen LogP contribution is -2.19. The number of hydrazone groups is 1. The summed E-state index contributed by atoms with van der Waals surface area (Å²) in [5, 5.41) is 14.9. The van der Waals surface area contributed by atoms with Gasteiger partial charge in [0.15, 0.2) is 8.68 Å². The van der Waals surface area contributed by atoms with Gasteiger partial charge < -0.3 is 4.57 Å². The second-order valence-corrected chi connectivity index (χ2v) is 9.81. The zero-order valence-corrected chi connectivity index (χ0v) is 18.6. The van der Waals surface area contributed by atoms with Crippen molar-refractivity contribution in [2.24, 2.45) is 12.1 Å². The number of carbonyl (C=O) groups is 1. The first-order valence-corrected chi connectivity index (χ1v) is 12.0. The fraction of sp³-hybridized carbons (Fsp3) is 0.143. The molecular formula is C21H19N5OS3. The minimum absolute atomic E-state index is 0.175. The standard InChI is InChI=1S/C21H19N5OS3/c1-26-11-5-9-17(26)12-22-23-19(27)14-29-21-25-24-20(30-21)28-13-16-8-4-7-15-6-2-3-10-18(15)16/h2-12H,13-14H2,1H3,(H,23,27). The van der Waals surface area contributed by atoms with Crippen LogP contribution in [-0.4, -0.2) is 32.6 Å². The van der Waals surface area contributed by atoms with Crippen molar-refractivity contribution in [1.82, 2.24) is 20.2 Å². The Labute approximate surface area is 186 Å². The Morgan fingerprint density at radius 2 is 1.90 bits per heavy atom. The first kappa shape index (κ1) is 20.6. The van der Waals surface area contributed by atoms with Crippen molar-refractivity contribution in [3.05, 3.63) is 72.1 Å². The molecule has 0 atom stereocenters. The number of aromatic nitrogens is 3. The number of benzene rings is 2. The maximum absolute atomic E-state index is 12.0. The molecule has 0 saturated carbocycles. The number of hydrogen-bond donors (Lipinski definition) is 1. The lowest BCUT2D eigenvalue weighted by molar-refractivity contribution is -0.118. The third-order valence-electron chi connectivity index (χ3n) is 4.32. The molecule has 0 fully saturated rings. The van der Waals surface area contributed by atoms with Crippen molar-refractivity contribution in [2.75, 3.05) is 5.75 Å². The van der Waals surface area contributed by atoms with E-state index in [1.165, 1.54) is 39.4 Å². The Kier molecular flexibility index (Phi) is 6.83. The van der Waals surface area contributed by atoms with Crippen molar-refractivity contribution < 1.29 is 4.79 Å². The van der Waals surface area contributed by atoms with E-state index in [9.17, 15) is 4.79 Å². The second-order valence-electron chi connectivity index (χ2n) is 6.39. The van der Waals surface area contributed by atoms with Crippen molar-refractivity contribution in [3.8, 4) is 0 Å². The van der Waals surface area contributed by atoms with Gasteiger partial charge in [-0.3, -0.25) is 4.79 Å². The van der Waals surface area contributed by atoms with Crippen LogP contribution in [0.2, 0.25) is 0 Å². The summed E-state index contributed by atoms with van der Waals surface area (Å²) >= 11 is 4.53. The fourth-order valence-electron chi connectivity index (χ4n) is 2.81. The third-order valence-corrected chi connectivity index (χ3v) is 7.55. The molecule has 4 rings (SSSR count). The van der Waals surface area contributed by atoms with E-state index in [-0.39, 0.29) is 11.7 Å². The van der Waals surface area contributed by atoms with Crippen LogP contribution in [0, 0.1) is 0 Å². The van der Waals surface area contributed by atoms with Crippen molar-refractivity contribution in [1.29, 1.82) is 0 Å². The fourth-order valence-corrected chi connectivity index (χ4v) is 5.63. The van der Waals surface area contributed by atoms with Crippen molar-refractivity contribution >= 4 is 57.8 Å². The molecule has 6 nitrogen and oxygen atoms in total. The third kappa shape index (κ3) is 5.29. The van der Waals surface area contributed by atoms with Gasteiger partial charge in [-0.1, -0.05) is 77.3 Å². The zero-order valence-electron chi connectivity index (χ0n) is 16.2. The summed E-state index contributed by atoms with van der Waals surface area (Å²) in [6, 6.07) is 18.6. The summed E-state index contributed by atoms with van der Waals surface area (Å²) in [6.07, 6.45) is 3.54. The van der Waals surface area contributed by atoms with Crippen LogP contribution in [0.1, 0.15) is 11.3 Å². The predicted octanol–water partition coefficient (Wildman–Crippen LogP) is 4.56. The van der Waals surface area contributed by atoms with E-state index in [2.05, 4.69) is 63.2 Å². The maximum atomic E-state index is 12.0. The van der Waals surface area contributed by atoms with Gasteiger partial charge in [0, 0.05) is 19.0 Å². The van der Waals surface area contributed by atoms with E-state index in [0.717, 1.165) is 20.1 Å². The largest absolute Gasteiger partial charge is 0.350 e. The molecule has 0 aliphatic carbocycles. The number of rotatable bonds is 8. The van der Waals surface area contributed by atoms with E-state index in [4.69, 9.17) is 0 Å². The highest BCUT2D eigenvalue weighted by Crippen LogP contribution is 2.32. The Morgan fingerprint density at radius 3 is 2.73 bits per heavy atom. The maximum Gasteiger partial charge on any atom is 0.250 e. The van der Waals surface area contributed by atoms with E-state index in [1.54, 1.807) is 18.0 Å². The molecule has 0 unspecified atom stereocenters. The van der Waals surface area contributed by atoms with Gasteiger partial charge in [0.1, 0.15) is 0 Å². The molecule has 0 radical (unpaired) electrons. The number of fused-ring (bicyclic) bond motifs is 1. The van der Waals surface area contributed by atoms with Gasteiger partial charge in [-0.15, -0.1) is 10.2 Å². The summed E-state index contributed by atoms with van der Waals surface area (Å²) in [6.45, 7) is 0. The van der Waals surface area contributed by atoms with Crippen LogP contribution in [0.4, 0.5) is 0 Å². The van der Waals surface area contributed by atoms with Crippen molar-refractivity contribution in [3.63, 3.8) is 0 Å². The Balaban J connectivity index is 1.26. The molecule has 1 N–H and O–H groups in total. The Morgan fingerprint density at radius 1 is 1.10 bits per heavy atom. The molecule has 2 heterocycles. The molecule has 4 aromatic rings. The molecule has 2 aromatic carbocycles. The van der Waals surface area contributed by atoms with Gasteiger partial charge in [-0.05, 0) is 28.5 Å². The smallest absolute Gasteiger partial charge is 0.250 e. The summed E-state index contributed by atoms with van der Waals surface area (Å²) in [4.78, 5) is 12.0. The van der Waals surface area contributed by atoms with E-state index in [0.29, 0.717) is 0 Å². The van der Waals surface area contributed by atoms with Crippen LogP contribution in [0.15, 0.2) is 74.6 Å². The molecule has 152 valence electrons. The van der Waals surface area contributed by atoms with Gasteiger partial charge in [0.2, 0.25) is 0 Å². The molecule has 0 aliphatic rings. The lowest BCUT2D eigenvalue weighted by atomic mass is 10.1. The van der Waals surface area contributed by atoms with Gasteiger partial charge in [0.05, 0.1) is 17.7 Å². The minimum atomic E-state index is -0.175. The van der Waals surface area contributed by atoms with Crippen LogP contribution in [0.3, 0.4) is 0 Å².